The Labute approximate surface area is 121 Å². The fraction of sp³-hybridized carbons (Fsp3) is 0.562. The molecule has 1 fully saturated rings. The smallest absolute Gasteiger partial charge is 0.304 e. The highest BCUT2D eigenvalue weighted by molar-refractivity contribution is 5.66. The summed E-state index contributed by atoms with van der Waals surface area (Å²) in [6.07, 6.45) is 0.247. The number of hydrogen-bond acceptors (Lipinski definition) is 3. The van der Waals surface area contributed by atoms with Gasteiger partial charge in [-0.1, -0.05) is 18.2 Å². The number of hydrogen-bond donors (Lipinski definition) is 1. The molecule has 1 heterocycles. The van der Waals surface area contributed by atoms with E-state index in [4.69, 9.17) is 5.11 Å². The molecule has 0 aromatic heterocycles. The van der Waals surface area contributed by atoms with E-state index >= 15 is 0 Å². The highest BCUT2D eigenvalue weighted by Crippen LogP contribution is 2.13. The minimum Gasteiger partial charge on any atom is -0.481 e. The number of carbonyl (C=O) groups is 1. The summed E-state index contributed by atoms with van der Waals surface area (Å²) in [6, 6.07) is 6.67. The van der Waals surface area contributed by atoms with Crippen molar-refractivity contribution in [3.63, 3.8) is 0 Å². The standard InChI is InChI=1S/C16H24N2O2/c1-13-3-4-15(11-14(13)2)12-18-9-7-17(8-10-18)6-5-16(19)20/h3-4,11H,5-10,12H2,1-2H3,(H,19,20). The van der Waals surface area contributed by atoms with Crippen LogP contribution in [0.15, 0.2) is 18.2 Å². The number of carboxylic acid groups (broad SMARTS) is 1. The van der Waals surface area contributed by atoms with Crippen LogP contribution < -0.4 is 0 Å². The van der Waals surface area contributed by atoms with Gasteiger partial charge in [0.05, 0.1) is 6.42 Å². The van der Waals surface area contributed by atoms with Crippen LogP contribution >= 0.6 is 0 Å². The van der Waals surface area contributed by atoms with Crippen LogP contribution in [0.5, 0.6) is 0 Å². The molecule has 1 aliphatic rings. The predicted octanol–water partition coefficient (Wildman–Crippen LogP) is 1.90. The van der Waals surface area contributed by atoms with Crippen molar-refractivity contribution in [2.75, 3.05) is 32.7 Å². The molecule has 0 spiro atoms. The number of aliphatic carboxylic acids is 1. The molecule has 0 atom stereocenters. The lowest BCUT2D eigenvalue weighted by Crippen LogP contribution is -2.46. The van der Waals surface area contributed by atoms with Gasteiger partial charge in [-0.2, -0.15) is 0 Å². The van der Waals surface area contributed by atoms with Gasteiger partial charge in [0.1, 0.15) is 0 Å². The van der Waals surface area contributed by atoms with Crippen LogP contribution in [-0.2, 0) is 11.3 Å². The molecule has 2 rings (SSSR count). The van der Waals surface area contributed by atoms with Gasteiger partial charge in [-0.15, -0.1) is 0 Å². The van der Waals surface area contributed by atoms with Crippen molar-refractivity contribution in [3.05, 3.63) is 34.9 Å². The van der Waals surface area contributed by atoms with Crippen molar-refractivity contribution in [1.29, 1.82) is 0 Å². The molecule has 1 aromatic rings. The molecule has 110 valence electrons. The average Bonchev–Trinajstić information content (AvgIpc) is 2.42. The van der Waals surface area contributed by atoms with Crippen molar-refractivity contribution < 1.29 is 9.90 Å². The number of benzene rings is 1. The van der Waals surface area contributed by atoms with E-state index < -0.39 is 5.97 Å². The van der Waals surface area contributed by atoms with E-state index in [2.05, 4.69) is 41.8 Å². The second-order valence-corrected chi connectivity index (χ2v) is 5.68. The summed E-state index contributed by atoms with van der Waals surface area (Å²) in [5, 5.41) is 8.70. The van der Waals surface area contributed by atoms with E-state index in [1.807, 2.05) is 0 Å². The van der Waals surface area contributed by atoms with Gasteiger partial charge in [0.2, 0.25) is 0 Å². The summed E-state index contributed by atoms with van der Waals surface area (Å²) < 4.78 is 0. The van der Waals surface area contributed by atoms with Crippen LogP contribution in [0.2, 0.25) is 0 Å². The lowest BCUT2D eigenvalue weighted by molar-refractivity contribution is -0.137. The number of rotatable bonds is 5. The number of carboxylic acids is 1. The van der Waals surface area contributed by atoms with Gasteiger partial charge in [-0.25, -0.2) is 0 Å². The maximum Gasteiger partial charge on any atom is 0.304 e. The summed E-state index contributed by atoms with van der Waals surface area (Å²) in [4.78, 5) is 15.3. The highest BCUT2D eigenvalue weighted by atomic mass is 16.4. The van der Waals surface area contributed by atoms with E-state index in [9.17, 15) is 4.79 Å². The minimum atomic E-state index is -0.706. The van der Waals surface area contributed by atoms with Crippen molar-refractivity contribution in [2.24, 2.45) is 0 Å². The van der Waals surface area contributed by atoms with Gasteiger partial charge >= 0.3 is 5.97 Å². The normalized spacial score (nSPS) is 17.3. The lowest BCUT2D eigenvalue weighted by atomic mass is 10.1. The maximum atomic E-state index is 10.6. The fourth-order valence-corrected chi connectivity index (χ4v) is 2.58. The first kappa shape index (κ1) is 15.0. The fourth-order valence-electron chi connectivity index (χ4n) is 2.58. The third-order valence-corrected chi connectivity index (χ3v) is 4.08. The van der Waals surface area contributed by atoms with Crippen molar-refractivity contribution in [3.8, 4) is 0 Å². The molecule has 1 aromatic carbocycles. The summed E-state index contributed by atoms with van der Waals surface area (Å²) in [7, 11) is 0. The second-order valence-electron chi connectivity index (χ2n) is 5.68. The Morgan fingerprint density at radius 2 is 1.75 bits per heavy atom. The van der Waals surface area contributed by atoms with Crippen LogP contribution in [0.25, 0.3) is 0 Å². The molecule has 0 bridgehead atoms. The van der Waals surface area contributed by atoms with E-state index in [1.165, 1.54) is 16.7 Å². The first-order valence-corrected chi connectivity index (χ1v) is 7.27. The van der Waals surface area contributed by atoms with Crippen LogP contribution in [0.4, 0.5) is 0 Å². The molecule has 0 radical (unpaired) electrons. The molecule has 0 saturated carbocycles. The molecule has 1 aliphatic heterocycles. The second kappa shape index (κ2) is 6.86. The molecule has 0 amide bonds. The molecule has 20 heavy (non-hydrogen) atoms. The molecular weight excluding hydrogens is 252 g/mol. The Morgan fingerprint density at radius 1 is 1.10 bits per heavy atom. The van der Waals surface area contributed by atoms with Crippen LogP contribution in [0.1, 0.15) is 23.1 Å². The van der Waals surface area contributed by atoms with E-state index in [-0.39, 0.29) is 6.42 Å². The van der Waals surface area contributed by atoms with Crippen LogP contribution in [0.3, 0.4) is 0 Å². The van der Waals surface area contributed by atoms with Gasteiger partial charge in [0.25, 0.3) is 0 Å². The zero-order valence-corrected chi connectivity index (χ0v) is 12.4. The molecule has 0 aliphatic carbocycles. The number of piperazine rings is 1. The molecule has 4 nitrogen and oxygen atoms in total. The van der Waals surface area contributed by atoms with Crippen molar-refractivity contribution in [1.82, 2.24) is 9.80 Å². The first-order chi connectivity index (χ1) is 9.54. The Bertz CT molecular complexity index is 466. The van der Waals surface area contributed by atoms with Gasteiger partial charge in [0, 0.05) is 39.3 Å². The quantitative estimate of drug-likeness (QED) is 0.892. The Hall–Kier alpha value is -1.39. The zero-order valence-electron chi connectivity index (χ0n) is 12.4. The Balaban J connectivity index is 1.79. The highest BCUT2D eigenvalue weighted by Gasteiger charge is 2.17. The van der Waals surface area contributed by atoms with Gasteiger partial charge < -0.3 is 10.0 Å². The monoisotopic (exact) mass is 276 g/mol. The van der Waals surface area contributed by atoms with E-state index in [0.717, 1.165) is 32.7 Å². The summed E-state index contributed by atoms with van der Waals surface area (Å²) in [5.41, 5.74) is 4.06. The molecule has 4 heteroatoms. The molecule has 0 unspecified atom stereocenters. The van der Waals surface area contributed by atoms with Gasteiger partial charge in [0.15, 0.2) is 0 Å². The van der Waals surface area contributed by atoms with Gasteiger partial charge in [-0.3, -0.25) is 9.69 Å². The third-order valence-electron chi connectivity index (χ3n) is 4.08. The van der Waals surface area contributed by atoms with E-state index in [1.54, 1.807) is 0 Å². The molecule has 1 N–H and O–H groups in total. The van der Waals surface area contributed by atoms with Crippen LogP contribution in [-0.4, -0.2) is 53.6 Å². The topological polar surface area (TPSA) is 43.8 Å². The summed E-state index contributed by atoms with van der Waals surface area (Å²) >= 11 is 0. The SMILES string of the molecule is Cc1ccc(CN2CCN(CCC(=O)O)CC2)cc1C. The predicted molar refractivity (Wildman–Crippen MR) is 79.9 cm³/mol. The Kier molecular flexibility index (Phi) is 5.15. The van der Waals surface area contributed by atoms with Crippen molar-refractivity contribution >= 4 is 5.97 Å². The van der Waals surface area contributed by atoms with Crippen LogP contribution in [0, 0.1) is 13.8 Å². The third kappa shape index (κ3) is 4.32. The largest absolute Gasteiger partial charge is 0.481 e. The molecular formula is C16H24N2O2. The number of nitrogens with zero attached hydrogens (tertiary/aromatic N) is 2. The van der Waals surface area contributed by atoms with Crippen molar-refractivity contribution in [2.45, 2.75) is 26.8 Å². The Morgan fingerprint density at radius 3 is 2.35 bits per heavy atom. The zero-order chi connectivity index (χ0) is 14.5. The lowest BCUT2D eigenvalue weighted by Gasteiger charge is -2.34. The summed E-state index contributed by atoms with van der Waals surface area (Å²) in [6.45, 7) is 9.94. The number of aryl methyl sites for hydroxylation is 2. The minimum absolute atomic E-state index is 0.247. The van der Waals surface area contributed by atoms with Gasteiger partial charge in [-0.05, 0) is 30.5 Å². The maximum absolute atomic E-state index is 10.6. The molecule has 1 saturated heterocycles. The van der Waals surface area contributed by atoms with E-state index in [0.29, 0.717) is 6.54 Å². The average molecular weight is 276 g/mol. The summed E-state index contributed by atoms with van der Waals surface area (Å²) in [5.74, 6) is -0.706. The first-order valence-electron chi connectivity index (χ1n) is 7.27.